The first-order valence-corrected chi connectivity index (χ1v) is 11.9. The molecule has 3 heteroatoms. The second kappa shape index (κ2) is 10.3. The van der Waals surface area contributed by atoms with Crippen LogP contribution in [-0.2, 0) is 12.6 Å². The molecule has 0 fully saturated rings. The summed E-state index contributed by atoms with van der Waals surface area (Å²) in [5.74, 6) is 0. The highest BCUT2D eigenvalue weighted by Crippen LogP contribution is 2.32. The number of hydrogen-bond donors (Lipinski definition) is 0. The van der Waals surface area contributed by atoms with E-state index in [1.165, 1.54) is 10.6 Å². The Bertz CT molecular complexity index is 1070. The maximum absolute atomic E-state index is 5.45. The summed E-state index contributed by atoms with van der Waals surface area (Å²) in [6, 6.07) is 39.1. The maximum Gasteiger partial charge on any atom is 0.0348 e. The molecule has 1 nitrogen and oxygen atoms in total. The molecule has 148 valence electrons. The first-order valence-electron chi connectivity index (χ1n) is 9.97. The van der Waals surface area contributed by atoms with E-state index < -0.39 is 7.92 Å². The van der Waals surface area contributed by atoms with Gasteiger partial charge in [-0.15, -0.1) is 41.0 Å². The third-order valence-electron chi connectivity index (χ3n) is 4.81. The summed E-state index contributed by atoms with van der Waals surface area (Å²) in [7, 11) is -0.416. The third-order valence-corrected chi connectivity index (χ3v) is 7.66. The fourth-order valence-electron chi connectivity index (χ4n) is 3.35. The molecule has 4 rings (SSSR count). The van der Waals surface area contributed by atoms with Gasteiger partial charge in [0.25, 0.3) is 0 Å². The predicted octanol–water partition coefficient (Wildman–Crippen LogP) is 5.61. The zero-order valence-electron chi connectivity index (χ0n) is 16.6. The van der Waals surface area contributed by atoms with Crippen molar-refractivity contribution >= 4 is 37.4 Å². The Balaban J connectivity index is 1.47. The Morgan fingerprint density at radius 1 is 0.733 bits per heavy atom. The van der Waals surface area contributed by atoms with Crippen LogP contribution < -0.4 is 10.6 Å². The summed E-state index contributed by atoms with van der Waals surface area (Å²) in [6.45, 7) is 0.783. The van der Waals surface area contributed by atoms with Gasteiger partial charge < -0.3 is 17.6 Å². The first kappa shape index (κ1) is 20.5. The molecule has 30 heavy (non-hydrogen) atoms. The van der Waals surface area contributed by atoms with E-state index in [0.29, 0.717) is 0 Å². The van der Waals surface area contributed by atoms with E-state index >= 15 is 0 Å². The van der Waals surface area contributed by atoms with Gasteiger partial charge in [-0.2, -0.15) is 0 Å². The summed E-state index contributed by atoms with van der Waals surface area (Å²) in [5.41, 5.74) is 3.04. The number of aliphatic imine (C=N–C) groups is 1. The van der Waals surface area contributed by atoms with Crippen molar-refractivity contribution in [3.8, 4) is 11.1 Å². The highest BCUT2D eigenvalue weighted by molar-refractivity contribution is 7.73. The molecule has 0 aliphatic carbocycles. The fourth-order valence-corrected chi connectivity index (χ4v) is 5.80. The summed E-state index contributed by atoms with van der Waals surface area (Å²) in [4.78, 5) is 5.57. The highest BCUT2D eigenvalue weighted by atomic mass is 32.1. The summed E-state index contributed by atoms with van der Waals surface area (Å²) in [5, 5.41) is 2.79. The molecule has 0 aromatic heterocycles. The lowest BCUT2D eigenvalue weighted by Gasteiger charge is -2.19. The van der Waals surface area contributed by atoms with E-state index in [4.69, 9.17) is 17.6 Å². The molecule has 4 aromatic carbocycles. The SMILES string of the molecule is [S-]c1ccccc1-c1[c-]c(C=NCCP(c2ccccc2)c2ccccc2)ccc1. The lowest BCUT2D eigenvalue weighted by molar-refractivity contribution is 1.15. The second-order valence-electron chi connectivity index (χ2n) is 6.87. The molecule has 0 heterocycles. The standard InChI is InChI=1S/C27H23NPS/c30-27-17-8-7-16-26(27)23-11-9-10-22(20-23)21-28-18-19-29(24-12-3-1-4-13-24)25-14-5-2-6-15-25/h1-17,21,30H,18-19H2/q-1/p-1. The van der Waals surface area contributed by atoms with Crippen molar-refractivity contribution in [3.05, 3.63) is 115 Å². The molecular formula is C27H22NPS-2. The van der Waals surface area contributed by atoms with Crippen molar-refractivity contribution in [2.75, 3.05) is 12.7 Å². The van der Waals surface area contributed by atoms with Crippen LogP contribution >= 0.6 is 7.92 Å². The molecule has 0 saturated carbocycles. The van der Waals surface area contributed by atoms with Gasteiger partial charge in [0.05, 0.1) is 0 Å². The molecule has 0 atom stereocenters. The fraction of sp³-hybridized carbons (Fsp3) is 0.0741. The molecule has 0 aliphatic rings. The van der Waals surface area contributed by atoms with Crippen LogP contribution in [0.4, 0.5) is 0 Å². The molecule has 0 spiro atoms. The molecule has 0 radical (unpaired) electrons. The van der Waals surface area contributed by atoms with E-state index in [-0.39, 0.29) is 0 Å². The largest absolute Gasteiger partial charge is 0.787 e. The number of rotatable bonds is 7. The summed E-state index contributed by atoms with van der Waals surface area (Å²) in [6.07, 6.45) is 2.95. The summed E-state index contributed by atoms with van der Waals surface area (Å²) >= 11 is 5.45. The quantitative estimate of drug-likeness (QED) is 0.163. The van der Waals surface area contributed by atoms with Crippen LogP contribution in [0.1, 0.15) is 5.56 Å². The smallest absolute Gasteiger partial charge is 0.0348 e. The molecule has 0 unspecified atom stereocenters. The van der Waals surface area contributed by atoms with Crippen molar-refractivity contribution in [3.63, 3.8) is 0 Å². The van der Waals surface area contributed by atoms with E-state index in [1.807, 2.05) is 48.7 Å². The van der Waals surface area contributed by atoms with Crippen molar-refractivity contribution in [2.24, 2.45) is 4.99 Å². The van der Waals surface area contributed by atoms with Gasteiger partial charge in [-0.3, -0.25) is 0 Å². The minimum absolute atomic E-state index is 0.416. The van der Waals surface area contributed by atoms with E-state index in [1.54, 1.807) is 0 Å². The van der Waals surface area contributed by atoms with E-state index in [0.717, 1.165) is 34.3 Å². The number of hydrogen-bond acceptors (Lipinski definition) is 2. The Kier molecular flexibility index (Phi) is 7.03. The van der Waals surface area contributed by atoms with Crippen LogP contribution in [-0.4, -0.2) is 18.9 Å². The molecule has 0 bridgehead atoms. The van der Waals surface area contributed by atoms with Gasteiger partial charge in [0.1, 0.15) is 0 Å². The predicted molar refractivity (Wildman–Crippen MR) is 133 cm³/mol. The van der Waals surface area contributed by atoms with Crippen LogP contribution in [0.5, 0.6) is 0 Å². The lowest BCUT2D eigenvalue weighted by Crippen LogP contribution is -2.15. The van der Waals surface area contributed by atoms with Gasteiger partial charge in [-0.05, 0) is 30.9 Å². The van der Waals surface area contributed by atoms with Crippen LogP contribution in [0.25, 0.3) is 11.1 Å². The summed E-state index contributed by atoms with van der Waals surface area (Å²) < 4.78 is 0. The zero-order valence-corrected chi connectivity index (χ0v) is 18.3. The van der Waals surface area contributed by atoms with Gasteiger partial charge in [0.2, 0.25) is 0 Å². The molecular weight excluding hydrogens is 401 g/mol. The lowest BCUT2D eigenvalue weighted by atomic mass is 10.0. The highest BCUT2D eigenvalue weighted by Gasteiger charge is 2.12. The van der Waals surface area contributed by atoms with Gasteiger partial charge >= 0.3 is 0 Å². The van der Waals surface area contributed by atoms with Crippen LogP contribution in [0.15, 0.2) is 113 Å². The van der Waals surface area contributed by atoms with Crippen LogP contribution in [0.2, 0.25) is 0 Å². The minimum Gasteiger partial charge on any atom is -0.787 e. The first-order chi connectivity index (χ1) is 14.8. The van der Waals surface area contributed by atoms with Crippen molar-refractivity contribution in [1.82, 2.24) is 0 Å². The maximum atomic E-state index is 5.45. The van der Waals surface area contributed by atoms with Gasteiger partial charge in [-0.1, -0.05) is 84.9 Å². The Morgan fingerprint density at radius 2 is 1.37 bits per heavy atom. The van der Waals surface area contributed by atoms with Crippen LogP contribution in [0, 0.1) is 6.07 Å². The molecule has 0 saturated heterocycles. The van der Waals surface area contributed by atoms with Gasteiger partial charge in [-0.25, -0.2) is 4.90 Å². The molecule has 0 N–H and O–H groups in total. The molecule has 4 aromatic rings. The Hall–Kier alpha value is -2.80. The average Bonchev–Trinajstić information content (AvgIpc) is 2.81. The Morgan fingerprint density at radius 3 is 2.03 bits per heavy atom. The van der Waals surface area contributed by atoms with Crippen molar-refractivity contribution < 1.29 is 0 Å². The molecule has 0 amide bonds. The minimum atomic E-state index is -0.416. The number of nitrogens with zero attached hydrogens (tertiary/aromatic N) is 1. The third kappa shape index (κ3) is 5.21. The monoisotopic (exact) mass is 423 g/mol. The topological polar surface area (TPSA) is 12.4 Å². The van der Waals surface area contributed by atoms with Crippen molar-refractivity contribution in [1.29, 1.82) is 0 Å². The average molecular weight is 424 g/mol. The van der Waals surface area contributed by atoms with E-state index in [9.17, 15) is 0 Å². The normalized spacial score (nSPS) is 11.2. The van der Waals surface area contributed by atoms with Gasteiger partial charge in [0.15, 0.2) is 0 Å². The van der Waals surface area contributed by atoms with Gasteiger partial charge in [0, 0.05) is 6.54 Å². The van der Waals surface area contributed by atoms with E-state index in [2.05, 4.69) is 66.7 Å². The van der Waals surface area contributed by atoms with Crippen molar-refractivity contribution in [2.45, 2.75) is 4.90 Å². The zero-order chi connectivity index (χ0) is 20.6. The Labute approximate surface area is 185 Å². The second-order valence-corrected chi connectivity index (χ2v) is 9.65. The molecule has 0 aliphatic heterocycles. The van der Waals surface area contributed by atoms with Crippen LogP contribution in [0.3, 0.4) is 0 Å². The number of benzene rings is 4.